The number of amides is 1. The molecule has 0 heterocycles. The molecule has 19 heavy (non-hydrogen) atoms. The Hall–Kier alpha value is -1.33. The molecule has 0 aromatic heterocycles. The summed E-state index contributed by atoms with van der Waals surface area (Å²) >= 11 is 0. The van der Waals surface area contributed by atoms with E-state index in [0.29, 0.717) is 12.2 Å². The molecule has 0 aromatic carbocycles. The van der Waals surface area contributed by atoms with E-state index in [9.17, 15) is 9.59 Å². The number of nitrogens with one attached hydrogen (secondary N) is 1. The number of hydrogen-bond acceptors (Lipinski definition) is 2. The summed E-state index contributed by atoms with van der Waals surface area (Å²) in [5.74, 6) is -1.03. The van der Waals surface area contributed by atoms with Crippen molar-refractivity contribution in [3.05, 3.63) is 24.8 Å². The number of aliphatic carboxylic acids is 1. The fourth-order valence-electron chi connectivity index (χ4n) is 1.12. The molecule has 0 saturated carbocycles. The lowest BCUT2D eigenvalue weighted by molar-refractivity contribution is -0.892. The average Bonchev–Trinajstić information content (AvgIpc) is 2.26. The van der Waals surface area contributed by atoms with Crippen molar-refractivity contribution in [2.24, 2.45) is 0 Å². The van der Waals surface area contributed by atoms with Crippen molar-refractivity contribution in [1.29, 1.82) is 0 Å². The summed E-state index contributed by atoms with van der Waals surface area (Å²) < 4.78 is 0.815. The molecule has 1 amide bonds. The summed E-state index contributed by atoms with van der Waals surface area (Å²) in [5, 5.41) is 10.4. The highest BCUT2D eigenvalue weighted by Gasteiger charge is 2.14. The predicted molar refractivity (Wildman–Crippen MR) is 72.9 cm³/mol. The maximum Gasteiger partial charge on any atom is 0.327 e. The molecule has 0 atom stereocenters. The first kappa shape index (κ1) is 22.8. The molecule has 0 rings (SSSR count). The summed E-state index contributed by atoms with van der Waals surface area (Å²) in [6.07, 6.45) is 1.95. The van der Waals surface area contributed by atoms with E-state index in [-0.39, 0.29) is 18.3 Å². The summed E-state index contributed by atoms with van der Waals surface area (Å²) in [6, 6.07) is 0. The van der Waals surface area contributed by atoms with Crippen LogP contribution in [0.25, 0.3) is 0 Å². The zero-order valence-corrected chi connectivity index (χ0v) is 13.0. The minimum atomic E-state index is -0.981. The van der Waals surface area contributed by atoms with E-state index in [0.717, 1.165) is 23.5 Å². The van der Waals surface area contributed by atoms with Crippen molar-refractivity contribution in [2.45, 2.75) is 20.3 Å². The molecule has 0 aromatic rings. The number of rotatable bonds is 6. The van der Waals surface area contributed by atoms with E-state index in [2.05, 4.69) is 39.5 Å². The van der Waals surface area contributed by atoms with Crippen LogP contribution in [0.4, 0.5) is 0 Å². The van der Waals surface area contributed by atoms with Gasteiger partial charge in [0.25, 0.3) is 5.91 Å². The van der Waals surface area contributed by atoms with Crippen molar-refractivity contribution >= 4 is 11.9 Å². The molecular formula is C13H25ClN2O3. The number of carboxylic acid groups (broad SMARTS) is 1. The van der Waals surface area contributed by atoms with Crippen molar-refractivity contribution in [2.75, 3.05) is 27.3 Å². The summed E-state index contributed by atoms with van der Waals surface area (Å²) in [5.41, 5.74) is 0.566. The molecule has 0 saturated heterocycles. The van der Waals surface area contributed by atoms with Gasteiger partial charge in [0.2, 0.25) is 0 Å². The lowest BCUT2D eigenvalue weighted by atomic mass is 10.3. The van der Waals surface area contributed by atoms with Gasteiger partial charge < -0.3 is 27.3 Å². The zero-order valence-electron chi connectivity index (χ0n) is 12.2. The van der Waals surface area contributed by atoms with Crippen LogP contribution in [0.2, 0.25) is 0 Å². The van der Waals surface area contributed by atoms with Crippen LogP contribution < -0.4 is 17.7 Å². The van der Waals surface area contributed by atoms with Crippen LogP contribution in [0.3, 0.4) is 0 Å². The summed E-state index contributed by atoms with van der Waals surface area (Å²) in [6.45, 7) is 12.1. The maximum absolute atomic E-state index is 11.2. The summed E-state index contributed by atoms with van der Waals surface area (Å²) in [7, 11) is 4.20. The van der Waals surface area contributed by atoms with Gasteiger partial charge in [0, 0.05) is 11.6 Å². The fraction of sp³-hybridized carbons (Fsp3) is 0.538. The number of carbonyl (C=O) groups excluding carboxylic acids is 1. The second-order valence-electron chi connectivity index (χ2n) is 4.65. The van der Waals surface area contributed by atoms with Gasteiger partial charge in [-0.2, -0.15) is 0 Å². The topological polar surface area (TPSA) is 66.4 Å². The van der Waals surface area contributed by atoms with Crippen molar-refractivity contribution in [3.63, 3.8) is 0 Å². The van der Waals surface area contributed by atoms with Crippen LogP contribution in [0.5, 0.6) is 0 Å². The van der Waals surface area contributed by atoms with Gasteiger partial charge >= 0.3 is 5.97 Å². The molecular weight excluding hydrogens is 268 g/mol. The van der Waals surface area contributed by atoms with Crippen molar-refractivity contribution in [1.82, 2.24) is 5.32 Å². The Morgan fingerprint density at radius 2 is 1.79 bits per heavy atom. The number of halogens is 1. The molecule has 0 aliphatic heterocycles. The van der Waals surface area contributed by atoms with Crippen molar-refractivity contribution in [3.8, 4) is 0 Å². The van der Waals surface area contributed by atoms with Crippen molar-refractivity contribution < 1.29 is 31.6 Å². The van der Waals surface area contributed by atoms with Gasteiger partial charge in [0.1, 0.15) is 0 Å². The normalized spacial score (nSPS) is 9.26. The second-order valence-corrected chi connectivity index (χ2v) is 4.65. The molecule has 112 valence electrons. The van der Waals surface area contributed by atoms with E-state index in [1.807, 2.05) is 0 Å². The number of hydrogen-bond donors (Lipinski definition) is 2. The van der Waals surface area contributed by atoms with Gasteiger partial charge in [-0.05, 0) is 13.3 Å². The predicted octanol–water partition coefficient (Wildman–Crippen LogP) is -1.62. The highest BCUT2D eigenvalue weighted by Crippen LogP contribution is 1.97. The third kappa shape index (κ3) is 16.7. The molecule has 0 aliphatic carbocycles. The fourth-order valence-corrected chi connectivity index (χ4v) is 1.12. The molecule has 0 aliphatic rings. The molecule has 0 unspecified atom stereocenters. The van der Waals surface area contributed by atoms with Crippen LogP contribution >= 0.6 is 0 Å². The standard InChI is InChI=1S/C10H20N2O.C3H4O2.ClH/c1-6-7-12(4,5)8-11-10(13)9(2)3;1-2-3(4)5;/h2,6-8H2,1,3-5H3;2H,1H2,(H,4,5);1H. The Bertz CT molecular complexity index is 315. The largest absolute Gasteiger partial charge is 1.00 e. The molecule has 0 bridgehead atoms. The molecule has 0 radical (unpaired) electrons. The highest BCUT2D eigenvalue weighted by molar-refractivity contribution is 5.91. The molecule has 2 N–H and O–H groups in total. The van der Waals surface area contributed by atoms with Gasteiger partial charge in [-0.3, -0.25) is 4.79 Å². The van der Waals surface area contributed by atoms with Gasteiger partial charge in [0.15, 0.2) is 6.67 Å². The first-order valence-corrected chi connectivity index (χ1v) is 5.77. The minimum absolute atomic E-state index is 0. The number of nitrogens with zero attached hydrogens (tertiary/aromatic N) is 1. The average molecular weight is 293 g/mol. The quantitative estimate of drug-likeness (QED) is 0.351. The SMILES string of the molecule is C=C(C)C(=O)NC[N+](C)(C)CCC.C=CC(=O)O.[Cl-]. The first-order valence-electron chi connectivity index (χ1n) is 5.77. The van der Waals surface area contributed by atoms with E-state index in [1.165, 1.54) is 0 Å². The number of carboxylic acids is 1. The Labute approximate surface area is 122 Å². The second kappa shape index (κ2) is 11.7. The van der Waals surface area contributed by atoms with Gasteiger partial charge in [0.05, 0.1) is 20.6 Å². The molecule has 0 fully saturated rings. The zero-order chi connectivity index (χ0) is 14.8. The highest BCUT2D eigenvalue weighted by atomic mass is 35.5. The van der Waals surface area contributed by atoms with Crippen LogP contribution in [0, 0.1) is 0 Å². The maximum atomic E-state index is 11.2. The Morgan fingerprint density at radius 1 is 1.37 bits per heavy atom. The Balaban J connectivity index is -0.000000366. The summed E-state index contributed by atoms with van der Waals surface area (Å²) in [4.78, 5) is 20.4. The molecule has 6 heteroatoms. The Kier molecular flexibility index (Phi) is 14.1. The smallest absolute Gasteiger partial charge is 0.327 e. The van der Waals surface area contributed by atoms with Gasteiger partial charge in [-0.15, -0.1) is 0 Å². The minimum Gasteiger partial charge on any atom is -1.00 e. The Morgan fingerprint density at radius 3 is 2.05 bits per heavy atom. The number of carbonyl (C=O) groups is 2. The third-order valence-corrected chi connectivity index (χ3v) is 2.06. The lowest BCUT2D eigenvalue weighted by Gasteiger charge is -2.29. The molecule has 5 nitrogen and oxygen atoms in total. The van der Waals surface area contributed by atoms with E-state index in [1.54, 1.807) is 6.92 Å². The first-order chi connectivity index (χ1) is 8.16. The lowest BCUT2D eigenvalue weighted by Crippen LogP contribution is -3.00. The van der Waals surface area contributed by atoms with E-state index >= 15 is 0 Å². The van der Waals surface area contributed by atoms with E-state index in [4.69, 9.17) is 5.11 Å². The molecule has 0 spiro atoms. The van der Waals surface area contributed by atoms with Gasteiger partial charge in [-0.25, -0.2) is 4.79 Å². The monoisotopic (exact) mass is 292 g/mol. The van der Waals surface area contributed by atoms with Crippen LogP contribution in [0.15, 0.2) is 24.8 Å². The van der Waals surface area contributed by atoms with Crippen LogP contribution in [-0.2, 0) is 9.59 Å². The van der Waals surface area contributed by atoms with Crippen LogP contribution in [0.1, 0.15) is 20.3 Å². The van der Waals surface area contributed by atoms with E-state index < -0.39 is 5.97 Å². The third-order valence-electron chi connectivity index (χ3n) is 2.06. The van der Waals surface area contributed by atoms with Crippen LogP contribution in [-0.4, -0.2) is 48.8 Å². The number of quaternary nitrogens is 1. The van der Waals surface area contributed by atoms with Gasteiger partial charge in [-0.1, -0.05) is 20.1 Å².